The molecule has 0 amide bonds. The van der Waals surface area contributed by atoms with E-state index in [1.807, 2.05) is 11.8 Å². The summed E-state index contributed by atoms with van der Waals surface area (Å²) in [5.41, 5.74) is 1.08. The molecule has 0 bridgehead atoms. The molecule has 0 saturated heterocycles. The van der Waals surface area contributed by atoms with Crippen LogP contribution in [0.15, 0.2) is 28.6 Å². The second kappa shape index (κ2) is 9.13. The third kappa shape index (κ3) is 6.91. The van der Waals surface area contributed by atoms with Crippen molar-refractivity contribution in [2.45, 2.75) is 61.6 Å². The first kappa shape index (κ1) is 21.8. The van der Waals surface area contributed by atoms with E-state index in [0.29, 0.717) is 5.92 Å². The van der Waals surface area contributed by atoms with E-state index in [2.05, 4.69) is 75.3 Å². The van der Waals surface area contributed by atoms with E-state index in [4.69, 9.17) is 17.0 Å². The SMILES string of the molecule is CSCC(C)c1ccc(OC(C)(C)CC(C)(C)Sc2n[nH]c(=S)s2)cc1. The van der Waals surface area contributed by atoms with Gasteiger partial charge in [0.15, 0.2) is 8.29 Å². The molecule has 1 aromatic heterocycles. The third-order valence-electron chi connectivity index (χ3n) is 3.89. The summed E-state index contributed by atoms with van der Waals surface area (Å²) >= 11 is 10.3. The second-order valence-electron chi connectivity index (χ2n) is 7.70. The van der Waals surface area contributed by atoms with Crippen molar-refractivity contribution < 1.29 is 4.74 Å². The predicted octanol–water partition coefficient (Wildman–Crippen LogP) is 6.79. The molecule has 26 heavy (non-hydrogen) atoms. The Bertz CT molecular complexity index is 749. The normalized spacial score (nSPS) is 13.6. The molecule has 1 unspecified atom stereocenters. The van der Waals surface area contributed by atoms with Crippen LogP contribution in [0.3, 0.4) is 0 Å². The highest BCUT2D eigenvalue weighted by Crippen LogP contribution is 2.40. The van der Waals surface area contributed by atoms with Gasteiger partial charge in [0.05, 0.1) is 0 Å². The van der Waals surface area contributed by atoms with Gasteiger partial charge in [-0.3, -0.25) is 5.10 Å². The maximum Gasteiger partial charge on any atom is 0.177 e. The first-order valence-corrected chi connectivity index (χ1v) is 12.1. The lowest BCUT2D eigenvalue weighted by Gasteiger charge is -2.34. The Kier molecular flexibility index (Phi) is 7.65. The third-order valence-corrected chi connectivity index (χ3v) is 7.07. The van der Waals surface area contributed by atoms with E-state index in [9.17, 15) is 0 Å². The largest absolute Gasteiger partial charge is 0.488 e. The van der Waals surface area contributed by atoms with Crippen LogP contribution >= 0.6 is 47.1 Å². The highest BCUT2D eigenvalue weighted by atomic mass is 32.2. The first-order chi connectivity index (χ1) is 12.1. The van der Waals surface area contributed by atoms with Crippen LogP contribution in [0.1, 0.15) is 52.5 Å². The molecule has 1 heterocycles. The topological polar surface area (TPSA) is 37.9 Å². The summed E-state index contributed by atoms with van der Waals surface area (Å²) in [5.74, 6) is 2.62. The molecule has 144 valence electrons. The molecule has 0 spiro atoms. The maximum absolute atomic E-state index is 6.31. The monoisotopic (exact) mass is 428 g/mol. The molecular formula is C19H28N2OS4. The van der Waals surface area contributed by atoms with Gasteiger partial charge in [-0.15, -0.1) is 0 Å². The van der Waals surface area contributed by atoms with Gasteiger partial charge in [0.25, 0.3) is 0 Å². The molecule has 1 aromatic carbocycles. The Labute approximate surface area is 174 Å². The van der Waals surface area contributed by atoms with E-state index in [1.165, 1.54) is 16.9 Å². The number of H-pyrrole nitrogens is 1. The lowest BCUT2D eigenvalue weighted by Crippen LogP contribution is -2.36. The number of ether oxygens (including phenoxy) is 1. The molecule has 7 heteroatoms. The van der Waals surface area contributed by atoms with Crippen molar-refractivity contribution in [3.8, 4) is 5.75 Å². The molecule has 0 saturated carbocycles. The number of aromatic amines is 1. The molecule has 0 aliphatic carbocycles. The molecule has 0 radical (unpaired) electrons. The van der Waals surface area contributed by atoms with Crippen LogP contribution in [0, 0.1) is 3.95 Å². The van der Waals surface area contributed by atoms with E-state index >= 15 is 0 Å². The molecular weight excluding hydrogens is 400 g/mol. The fourth-order valence-electron chi connectivity index (χ4n) is 3.12. The number of rotatable bonds is 9. The van der Waals surface area contributed by atoms with E-state index < -0.39 is 0 Å². The average molecular weight is 429 g/mol. The molecule has 0 aliphatic heterocycles. The molecule has 3 nitrogen and oxygen atoms in total. The van der Waals surface area contributed by atoms with Crippen molar-refractivity contribution >= 4 is 47.1 Å². The van der Waals surface area contributed by atoms with Gasteiger partial charge in [-0.05, 0) is 61.7 Å². The minimum atomic E-state index is -0.277. The maximum atomic E-state index is 6.31. The van der Waals surface area contributed by atoms with Crippen molar-refractivity contribution in [1.29, 1.82) is 0 Å². The molecule has 1 N–H and O–H groups in total. The van der Waals surface area contributed by atoms with Crippen molar-refractivity contribution in [2.75, 3.05) is 12.0 Å². The first-order valence-electron chi connectivity index (χ1n) is 8.63. The van der Waals surface area contributed by atoms with Crippen molar-refractivity contribution in [1.82, 2.24) is 10.2 Å². The Morgan fingerprint density at radius 1 is 1.23 bits per heavy atom. The Morgan fingerprint density at radius 2 is 1.88 bits per heavy atom. The molecule has 0 aliphatic rings. The van der Waals surface area contributed by atoms with Crippen molar-refractivity contribution in [3.05, 3.63) is 33.8 Å². The van der Waals surface area contributed by atoms with Crippen LogP contribution in [0.5, 0.6) is 5.75 Å². The summed E-state index contributed by atoms with van der Waals surface area (Å²) in [6.07, 6.45) is 3.04. The summed E-state index contributed by atoms with van der Waals surface area (Å²) in [7, 11) is 0. The zero-order valence-corrected chi connectivity index (χ0v) is 19.6. The van der Waals surface area contributed by atoms with E-state index in [-0.39, 0.29) is 10.3 Å². The van der Waals surface area contributed by atoms with Gasteiger partial charge in [-0.25, -0.2) is 0 Å². The summed E-state index contributed by atoms with van der Waals surface area (Å²) in [6.45, 7) is 11.0. The average Bonchev–Trinajstić information content (AvgIpc) is 2.90. The smallest absolute Gasteiger partial charge is 0.177 e. The highest BCUT2D eigenvalue weighted by molar-refractivity contribution is 8.02. The molecule has 2 rings (SSSR count). The van der Waals surface area contributed by atoms with Crippen LogP contribution in [-0.2, 0) is 0 Å². The molecule has 2 aromatic rings. The van der Waals surface area contributed by atoms with E-state index in [0.717, 1.165) is 26.2 Å². The van der Waals surface area contributed by atoms with E-state index in [1.54, 1.807) is 11.8 Å². The second-order valence-corrected chi connectivity index (χ2v) is 12.2. The Morgan fingerprint density at radius 3 is 2.42 bits per heavy atom. The summed E-state index contributed by atoms with van der Waals surface area (Å²) in [6, 6.07) is 8.55. The zero-order chi connectivity index (χ0) is 19.4. The summed E-state index contributed by atoms with van der Waals surface area (Å²) in [4.78, 5) is 0. The Balaban J connectivity index is 1.99. The number of aromatic nitrogens is 2. The fourth-order valence-corrected chi connectivity index (χ4v) is 6.67. The van der Waals surface area contributed by atoms with Gasteiger partial charge >= 0.3 is 0 Å². The number of nitrogens with zero attached hydrogens (tertiary/aromatic N) is 1. The minimum Gasteiger partial charge on any atom is -0.488 e. The lowest BCUT2D eigenvalue weighted by atomic mass is 9.95. The lowest BCUT2D eigenvalue weighted by molar-refractivity contribution is 0.0906. The zero-order valence-electron chi connectivity index (χ0n) is 16.3. The van der Waals surface area contributed by atoms with Gasteiger partial charge < -0.3 is 4.74 Å². The van der Waals surface area contributed by atoms with Crippen molar-refractivity contribution in [3.63, 3.8) is 0 Å². The summed E-state index contributed by atoms with van der Waals surface area (Å²) in [5, 5.41) is 7.11. The van der Waals surface area contributed by atoms with Gasteiger partial charge in [-0.2, -0.15) is 16.9 Å². The predicted molar refractivity (Wildman–Crippen MR) is 120 cm³/mol. The fraction of sp³-hybridized carbons (Fsp3) is 0.579. The minimum absolute atomic E-state index is 0.0101. The summed E-state index contributed by atoms with van der Waals surface area (Å²) < 4.78 is 7.99. The number of benzene rings is 1. The van der Waals surface area contributed by atoms with Crippen LogP contribution in [0.2, 0.25) is 0 Å². The highest BCUT2D eigenvalue weighted by Gasteiger charge is 2.32. The standard InChI is InChI=1S/C19H28N2OS4/c1-13(11-24-6)14-7-9-15(10-8-14)22-18(2,3)12-19(4,5)26-17-21-20-16(23)25-17/h7-10,13H,11-12H2,1-6H3,(H,20,23). The number of hydrogen-bond acceptors (Lipinski definition) is 6. The van der Waals surface area contributed by atoms with Gasteiger partial charge in [0.2, 0.25) is 0 Å². The van der Waals surface area contributed by atoms with Crippen molar-refractivity contribution in [2.24, 2.45) is 0 Å². The quantitative estimate of drug-likeness (QED) is 0.352. The molecule has 1 atom stereocenters. The van der Waals surface area contributed by atoms with Crippen LogP contribution in [0.25, 0.3) is 0 Å². The van der Waals surface area contributed by atoms with Gasteiger partial charge in [0.1, 0.15) is 11.4 Å². The number of hydrogen-bond donors (Lipinski definition) is 1. The molecule has 0 fully saturated rings. The van der Waals surface area contributed by atoms with Gasteiger partial charge in [-0.1, -0.05) is 56.0 Å². The van der Waals surface area contributed by atoms with Gasteiger partial charge in [0, 0.05) is 11.2 Å². The van der Waals surface area contributed by atoms with Crippen LogP contribution in [-0.4, -0.2) is 32.6 Å². The number of thioether (sulfide) groups is 2. The number of nitrogens with one attached hydrogen (secondary N) is 1. The van der Waals surface area contributed by atoms with Crippen LogP contribution in [0.4, 0.5) is 0 Å². The Hall–Kier alpha value is -0.500. The van der Waals surface area contributed by atoms with Crippen LogP contribution < -0.4 is 4.74 Å².